The van der Waals surface area contributed by atoms with Gasteiger partial charge >= 0.3 is 0 Å². The third-order valence-electron chi connectivity index (χ3n) is 2.41. The summed E-state index contributed by atoms with van der Waals surface area (Å²) in [4.78, 5) is 2.06. The fourth-order valence-corrected chi connectivity index (χ4v) is 1.87. The monoisotopic (exact) mass is 315 g/mol. The Bertz CT molecular complexity index is 663. The molecule has 0 aromatic carbocycles. The van der Waals surface area contributed by atoms with Crippen LogP contribution in [0.3, 0.4) is 0 Å². The summed E-state index contributed by atoms with van der Waals surface area (Å²) in [6.45, 7) is 0. The second-order valence-corrected chi connectivity index (χ2v) is 5.60. The summed E-state index contributed by atoms with van der Waals surface area (Å²) in [5, 5.41) is 1.21. The molecule has 7 nitrogen and oxygen atoms in total. The molecular formula is C13H18ClN3O4. The molecule has 116 valence electrons. The smallest absolute Gasteiger partial charge is 0.187 e. The van der Waals surface area contributed by atoms with E-state index < -0.39 is 10.2 Å². The van der Waals surface area contributed by atoms with Gasteiger partial charge in [-0.05, 0) is 24.3 Å². The van der Waals surface area contributed by atoms with Crippen molar-refractivity contribution < 1.29 is 33.5 Å². The molecule has 0 aliphatic carbocycles. The second-order valence-electron chi connectivity index (χ2n) is 4.84. The minimum absolute atomic E-state index is 1.21. The average Bonchev–Trinajstić information content (AvgIpc) is 2.79. The van der Waals surface area contributed by atoms with Gasteiger partial charge in [-0.1, -0.05) is 0 Å². The number of hydrogen-bond donors (Lipinski definition) is 0. The van der Waals surface area contributed by atoms with Crippen LogP contribution in [0, 0.1) is 10.2 Å². The first kappa shape index (κ1) is 17.4. The van der Waals surface area contributed by atoms with Gasteiger partial charge in [0.25, 0.3) is 0 Å². The van der Waals surface area contributed by atoms with E-state index in [-0.39, 0.29) is 0 Å². The van der Waals surface area contributed by atoms with Crippen LogP contribution in [0.25, 0.3) is 11.7 Å². The van der Waals surface area contributed by atoms with Crippen LogP contribution in [0.4, 0.5) is 0 Å². The van der Waals surface area contributed by atoms with Crippen molar-refractivity contribution in [2.45, 2.75) is 0 Å². The maximum atomic E-state index is 8.49. The maximum absolute atomic E-state index is 8.49. The van der Waals surface area contributed by atoms with Crippen LogP contribution in [0.1, 0.15) is 5.69 Å². The Labute approximate surface area is 125 Å². The first-order valence-electron chi connectivity index (χ1n) is 5.99. The Kier molecular flexibility index (Phi) is 5.70. The molecule has 0 N–H and O–H groups in total. The van der Waals surface area contributed by atoms with Crippen LogP contribution < -0.4 is 24.0 Å². The van der Waals surface area contributed by atoms with E-state index in [1.54, 1.807) is 0 Å². The third-order valence-corrected chi connectivity index (χ3v) is 2.41. The Morgan fingerprint density at radius 2 is 1.57 bits per heavy atom. The fourth-order valence-electron chi connectivity index (χ4n) is 1.87. The minimum Gasteiger partial charge on any atom is -0.382 e. The van der Waals surface area contributed by atoms with Gasteiger partial charge in [0.2, 0.25) is 0 Å². The Morgan fingerprint density at radius 3 is 2.05 bits per heavy atom. The van der Waals surface area contributed by atoms with Crippen LogP contribution in [0.15, 0.2) is 24.3 Å². The molecule has 2 aromatic rings. The minimum atomic E-state index is -4.94. The van der Waals surface area contributed by atoms with Gasteiger partial charge in [-0.3, -0.25) is 0 Å². The van der Waals surface area contributed by atoms with E-state index in [0.717, 1.165) is 0 Å². The topological polar surface area (TPSA) is 103 Å². The zero-order valence-corrected chi connectivity index (χ0v) is 13.1. The summed E-state index contributed by atoms with van der Waals surface area (Å²) < 4.78 is 38.3. The van der Waals surface area contributed by atoms with Gasteiger partial charge in [-0.25, -0.2) is 23.2 Å². The van der Waals surface area contributed by atoms with E-state index in [0.29, 0.717) is 0 Å². The van der Waals surface area contributed by atoms with Crippen LogP contribution >= 0.6 is 0 Å². The highest BCUT2D eigenvalue weighted by Crippen LogP contribution is 2.05. The molecule has 0 spiro atoms. The number of hydrogen-bond acceptors (Lipinski definition) is 5. The van der Waals surface area contributed by atoms with E-state index >= 15 is 0 Å². The molecule has 0 radical (unpaired) electrons. The van der Waals surface area contributed by atoms with Crippen molar-refractivity contribution in [1.29, 1.82) is 0 Å². The predicted octanol–water partition coefficient (Wildman–Crippen LogP) is -4.11. The highest BCUT2D eigenvalue weighted by atomic mass is 35.7. The number of fused-ring (bicyclic) bond motifs is 1. The molecule has 0 aliphatic rings. The van der Waals surface area contributed by atoms with Crippen LogP contribution in [-0.2, 0) is 0 Å². The molecule has 0 saturated heterocycles. The quantitative estimate of drug-likeness (QED) is 0.414. The average molecular weight is 316 g/mol. The molecule has 8 heteroatoms. The van der Waals surface area contributed by atoms with E-state index in [4.69, 9.17) is 18.6 Å². The van der Waals surface area contributed by atoms with E-state index in [1.807, 2.05) is 28.2 Å². The first-order chi connectivity index (χ1) is 9.58. The van der Waals surface area contributed by atoms with Crippen LogP contribution in [-0.4, -0.2) is 48.3 Å². The first-order valence-corrected chi connectivity index (χ1v) is 7.23. The van der Waals surface area contributed by atoms with Gasteiger partial charge in [-0.2, -0.15) is 0 Å². The zero-order valence-electron chi connectivity index (χ0n) is 12.3. The molecule has 0 fully saturated rings. The van der Waals surface area contributed by atoms with Crippen molar-refractivity contribution in [2.24, 2.45) is 0 Å². The largest absolute Gasteiger partial charge is 0.382 e. The third kappa shape index (κ3) is 6.11. The predicted molar refractivity (Wildman–Crippen MR) is 68.0 cm³/mol. The van der Waals surface area contributed by atoms with Crippen molar-refractivity contribution >= 4 is 17.9 Å². The summed E-state index contributed by atoms with van der Waals surface area (Å²) in [5.74, 6) is 0. The molecule has 0 bridgehead atoms. The van der Waals surface area contributed by atoms with Crippen molar-refractivity contribution in [1.82, 2.24) is 9.30 Å². The summed E-state index contributed by atoms with van der Waals surface area (Å²) >= 11 is 0. The lowest BCUT2D eigenvalue weighted by molar-refractivity contribution is -2.00. The molecule has 0 saturated carbocycles. The van der Waals surface area contributed by atoms with Crippen molar-refractivity contribution in [2.75, 3.05) is 28.2 Å². The number of nitrogens with zero attached hydrogens (tertiary/aromatic N) is 3. The highest BCUT2D eigenvalue weighted by Gasteiger charge is 2.04. The Balaban J connectivity index is 0.000000383. The normalized spacial score (nSPS) is 12.1. The van der Waals surface area contributed by atoms with Gasteiger partial charge in [0, 0.05) is 25.8 Å². The summed E-state index contributed by atoms with van der Waals surface area (Å²) in [6.07, 6.45) is 4.25. The van der Waals surface area contributed by atoms with Gasteiger partial charge < -0.3 is 9.30 Å². The van der Waals surface area contributed by atoms with Gasteiger partial charge in [-0.15, -0.1) is 10.2 Å². The Morgan fingerprint density at radius 1 is 1.05 bits per heavy atom. The molecule has 2 rings (SSSR count). The lowest BCUT2D eigenvalue weighted by Crippen LogP contribution is -2.68. The zero-order chi connectivity index (χ0) is 16.2. The van der Waals surface area contributed by atoms with Crippen molar-refractivity contribution in [3.8, 4) is 0 Å². The SMILES string of the molecule is CN(C)/C=c1\ccc2ccc(C=[N+](C)C)n12.[O-][Cl+3]([O-])([O-])[O-]. The summed E-state index contributed by atoms with van der Waals surface area (Å²) in [6, 6.07) is 8.56. The van der Waals surface area contributed by atoms with Crippen molar-refractivity contribution in [3.63, 3.8) is 0 Å². The van der Waals surface area contributed by atoms with Gasteiger partial charge in [0.15, 0.2) is 6.21 Å². The lowest BCUT2D eigenvalue weighted by Gasteiger charge is -2.17. The van der Waals surface area contributed by atoms with E-state index in [9.17, 15) is 0 Å². The molecule has 0 atom stereocenters. The summed E-state index contributed by atoms with van der Waals surface area (Å²) in [7, 11) is 3.21. The van der Waals surface area contributed by atoms with Crippen LogP contribution in [0.2, 0.25) is 0 Å². The van der Waals surface area contributed by atoms with Crippen molar-refractivity contribution in [3.05, 3.63) is 35.3 Å². The lowest BCUT2D eigenvalue weighted by atomic mass is 10.4. The fraction of sp³-hybridized carbons (Fsp3) is 0.308. The number of halogens is 1. The molecule has 0 unspecified atom stereocenters. The number of aromatic nitrogens is 1. The maximum Gasteiger partial charge on any atom is 0.187 e. The van der Waals surface area contributed by atoms with E-state index in [1.165, 1.54) is 16.6 Å². The van der Waals surface area contributed by atoms with Gasteiger partial charge in [0.05, 0.1) is 5.35 Å². The molecule has 2 aromatic heterocycles. The number of rotatable bonds is 2. The molecule has 21 heavy (non-hydrogen) atoms. The molecule has 0 amide bonds. The second kappa shape index (κ2) is 6.88. The molecule has 0 aliphatic heterocycles. The molecular weight excluding hydrogens is 298 g/mol. The highest BCUT2D eigenvalue weighted by molar-refractivity contribution is 5.76. The standard InChI is InChI=1S/C13H18N3.ClHO4/c1-14(2)9-12-7-5-11-6-8-13(16(11)12)10-15(3)4;2-1(3,4)5/h5-10H,1-4H3;(H,2,3,4,5)/q+1;/p-1. The summed E-state index contributed by atoms with van der Waals surface area (Å²) in [5.41, 5.74) is 2.44. The van der Waals surface area contributed by atoms with E-state index in [2.05, 4.69) is 50.6 Å². The van der Waals surface area contributed by atoms with Crippen LogP contribution in [0.5, 0.6) is 0 Å². The molecule has 2 heterocycles. The van der Waals surface area contributed by atoms with Gasteiger partial charge in [0.1, 0.15) is 19.8 Å². The Hall–Kier alpha value is -1.64.